The molecule has 2 aromatic rings. The summed E-state index contributed by atoms with van der Waals surface area (Å²) < 4.78 is 0. The number of nitrogens with zero attached hydrogens (tertiary/aromatic N) is 2. The smallest absolute Gasteiger partial charge is 0.0424 e. The third-order valence-electron chi connectivity index (χ3n) is 3.64. The maximum Gasteiger partial charge on any atom is 0.0424 e. The Morgan fingerprint density at radius 1 is 0.950 bits per heavy atom. The van der Waals surface area contributed by atoms with Gasteiger partial charge in [-0.25, -0.2) is 0 Å². The lowest BCUT2D eigenvalue weighted by Gasteiger charge is -2.23. The van der Waals surface area contributed by atoms with E-state index in [9.17, 15) is 0 Å². The first-order valence-corrected chi connectivity index (χ1v) is 7.14. The van der Waals surface area contributed by atoms with Crippen LogP contribution in [0.2, 0.25) is 0 Å². The molecule has 0 amide bonds. The van der Waals surface area contributed by atoms with E-state index < -0.39 is 0 Å². The summed E-state index contributed by atoms with van der Waals surface area (Å²) in [6.07, 6.45) is 0. The van der Waals surface area contributed by atoms with Gasteiger partial charge in [0.25, 0.3) is 0 Å². The van der Waals surface area contributed by atoms with Gasteiger partial charge in [0.1, 0.15) is 0 Å². The van der Waals surface area contributed by atoms with Gasteiger partial charge in [-0.2, -0.15) is 0 Å². The van der Waals surface area contributed by atoms with Gasteiger partial charge in [-0.15, -0.1) is 0 Å². The summed E-state index contributed by atoms with van der Waals surface area (Å²) in [7, 11) is 6.32. The molecule has 1 atom stereocenters. The highest BCUT2D eigenvalue weighted by molar-refractivity contribution is 5.83. The summed E-state index contributed by atoms with van der Waals surface area (Å²) in [4.78, 5) is 4.48. The van der Waals surface area contributed by atoms with Gasteiger partial charge in [0.15, 0.2) is 0 Å². The number of likely N-dealkylation sites (N-methyl/N-ethyl adjacent to an activating group) is 2. The summed E-state index contributed by atoms with van der Waals surface area (Å²) in [5.74, 6) is 0. The van der Waals surface area contributed by atoms with Gasteiger partial charge >= 0.3 is 0 Å². The SMILES string of the molecule is CN(C)CCN(C)CC(N)c1ccc2ccccc2c1. The molecular formula is C17H25N3. The zero-order valence-corrected chi connectivity index (χ0v) is 12.7. The molecule has 0 saturated heterocycles. The minimum absolute atomic E-state index is 0.0618. The maximum atomic E-state index is 6.34. The first-order chi connectivity index (χ1) is 9.56. The third kappa shape index (κ3) is 4.04. The molecule has 0 radical (unpaired) electrons. The van der Waals surface area contributed by atoms with Gasteiger partial charge in [-0.3, -0.25) is 0 Å². The van der Waals surface area contributed by atoms with Crippen molar-refractivity contribution in [2.75, 3.05) is 40.8 Å². The second-order valence-corrected chi connectivity index (χ2v) is 5.78. The fourth-order valence-corrected chi connectivity index (χ4v) is 2.34. The topological polar surface area (TPSA) is 32.5 Å². The minimum Gasteiger partial charge on any atom is -0.323 e. The molecule has 0 aliphatic carbocycles. The minimum atomic E-state index is 0.0618. The number of nitrogens with two attached hydrogens (primary N) is 1. The molecule has 20 heavy (non-hydrogen) atoms. The summed E-state index contributed by atoms with van der Waals surface area (Å²) >= 11 is 0. The Bertz CT molecular complexity index is 551. The van der Waals surface area contributed by atoms with E-state index >= 15 is 0 Å². The number of benzene rings is 2. The molecule has 1 unspecified atom stereocenters. The molecular weight excluding hydrogens is 246 g/mol. The number of hydrogen-bond donors (Lipinski definition) is 1. The van der Waals surface area contributed by atoms with Crippen molar-refractivity contribution in [3.05, 3.63) is 48.0 Å². The van der Waals surface area contributed by atoms with Gasteiger partial charge in [-0.05, 0) is 43.5 Å². The van der Waals surface area contributed by atoms with E-state index in [1.165, 1.54) is 16.3 Å². The molecule has 3 nitrogen and oxygen atoms in total. The summed E-state index contributed by atoms with van der Waals surface area (Å²) in [5.41, 5.74) is 7.55. The van der Waals surface area contributed by atoms with Crippen LogP contribution in [0.25, 0.3) is 10.8 Å². The molecule has 0 saturated carbocycles. The Labute approximate surface area is 122 Å². The highest BCUT2D eigenvalue weighted by Gasteiger charge is 2.10. The summed E-state index contributed by atoms with van der Waals surface area (Å²) in [5, 5.41) is 2.53. The highest BCUT2D eigenvalue weighted by Crippen LogP contribution is 2.19. The highest BCUT2D eigenvalue weighted by atomic mass is 15.2. The van der Waals surface area contributed by atoms with Crippen molar-refractivity contribution < 1.29 is 0 Å². The van der Waals surface area contributed by atoms with Gasteiger partial charge in [0.2, 0.25) is 0 Å². The number of fused-ring (bicyclic) bond motifs is 1. The quantitative estimate of drug-likeness (QED) is 0.875. The van der Waals surface area contributed by atoms with Crippen LogP contribution in [0.3, 0.4) is 0 Å². The van der Waals surface area contributed by atoms with E-state index in [-0.39, 0.29) is 6.04 Å². The molecule has 0 heterocycles. The molecule has 0 aromatic heterocycles. The average molecular weight is 271 g/mol. The van der Waals surface area contributed by atoms with Gasteiger partial charge in [-0.1, -0.05) is 36.4 Å². The van der Waals surface area contributed by atoms with E-state index in [1.807, 2.05) is 0 Å². The van der Waals surface area contributed by atoms with Crippen molar-refractivity contribution in [1.82, 2.24) is 9.80 Å². The molecule has 0 aliphatic rings. The van der Waals surface area contributed by atoms with E-state index in [1.54, 1.807) is 0 Å². The van der Waals surface area contributed by atoms with Crippen molar-refractivity contribution in [3.63, 3.8) is 0 Å². The van der Waals surface area contributed by atoms with Gasteiger partial charge in [0, 0.05) is 25.7 Å². The van der Waals surface area contributed by atoms with Gasteiger partial charge < -0.3 is 15.5 Å². The molecule has 2 N–H and O–H groups in total. The van der Waals surface area contributed by atoms with Crippen LogP contribution in [0.15, 0.2) is 42.5 Å². The van der Waals surface area contributed by atoms with Crippen LogP contribution in [0, 0.1) is 0 Å². The second kappa shape index (κ2) is 6.84. The molecule has 0 spiro atoms. The van der Waals surface area contributed by atoms with E-state index in [0.717, 1.165) is 19.6 Å². The van der Waals surface area contributed by atoms with E-state index in [2.05, 4.69) is 73.4 Å². The van der Waals surface area contributed by atoms with Crippen LogP contribution in [0.5, 0.6) is 0 Å². The van der Waals surface area contributed by atoms with Crippen molar-refractivity contribution in [2.45, 2.75) is 6.04 Å². The van der Waals surface area contributed by atoms with Crippen molar-refractivity contribution in [2.24, 2.45) is 5.73 Å². The Morgan fingerprint density at radius 3 is 2.35 bits per heavy atom. The Kier molecular flexibility index (Phi) is 5.12. The van der Waals surface area contributed by atoms with Crippen LogP contribution in [0.1, 0.15) is 11.6 Å². The lowest BCUT2D eigenvalue weighted by Crippen LogP contribution is -2.34. The van der Waals surface area contributed by atoms with Crippen molar-refractivity contribution in [3.8, 4) is 0 Å². The van der Waals surface area contributed by atoms with Crippen molar-refractivity contribution in [1.29, 1.82) is 0 Å². The normalized spacial score (nSPS) is 13.3. The van der Waals surface area contributed by atoms with Crippen LogP contribution in [0.4, 0.5) is 0 Å². The van der Waals surface area contributed by atoms with Crippen LogP contribution < -0.4 is 5.73 Å². The molecule has 2 aromatic carbocycles. The molecule has 3 heteroatoms. The third-order valence-corrected chi connectivity index (χ3v) is 3.64. The zero-order chi connectivity index (χ0) is 14.5. The summed E-state index contributed by atoms with van der Waals surface area (Å²) in [6.45, 7) is 2.97. The predicted molar refractivity (Wildman–Crippen MR) is 86.9 cm³/mol. The molecule has 108 valence electrons. The standard InChI is InChI=1S/C17H25N3/c1-19(2)10-11-20(3)13-17(18)16-9-8-14-6-4-5-7-15(14)12-16/h4-9,12,17H,10-11,13,18H2,1-3H3. The average Bonchev–Trinajstić information content (AvgIpc) is 2.44. The molecule has 0 fully saturated rings. The summed E-state index contributed by atoms with van der Waals surface area (Å²) in [6, 6.07) is 15.0. The zero-order valence-electron chi connectivity index (χ0n) is 12.7. The molecule has 2 rings (SSSR count). The number of rotatable bonds is 6. The van der Waals surface area contributed by atoms with E-state index in [4.69, 9.17) is 5.73 Å². The number of hydrogen-bond acceptors (Lipinski definition) is 3. The maximum absolute atomic E-state index is 6.34. The fourth-order valence-electron chi connectivity index (χ4n) is 2.34. The molecule has 0 bridgehead atoms. The monoisotopic (exact) mass is 271 g/mol. The second-order valence-electron chi connectivity index (χ2n) is 5.78. The van der Waals surface area contributed by atoms with Crippen LogP contribution in [-0.4, -0.2) is 50.6 Å². The van der Waals surface area contributed by atoms with Gasteiger partial charge in [0.05, 0.1) is 0 Å². The van der Waals surface area contributed by atoms with Crippen molar-refractivity contribution >= 4 is 10.8 Å². The Balaban J connectivity index is 2.01. The van der Waals surface area contributed by atoms with Crippen LogP contribution in [-0.2, 0) is 0 Å². The Morgan fingerprint density at radius 2 is 1.65 bits per heavy atom. The predicted octanol–water partition coefficient (Wildman–Crippen LogP) is 2.33. The van der Waals surface area contributed by atoms with E-state index in [0.29, 0.717) is 0 Å². The first-order valence-electron chi connectivity index (χ1n) is 7.14. The largest absolute Gasteiger partial charge is 0.323 e. The first kappa shape index (κ1) is 15.0. The fraction of sp³-hybridized carbons (Fsp3) is 0.412. The molecule has 0 aliphatic heterocycles. The lowest BCUT2D eigenvalue weighted by molar-refractivity contribution is 0.269. The van der Waals surface area contributed by atoms with Crippen LogP contribution >= 0.6 is 0 Å². The Hall–Kier alpha value is -1.42. The lowest BCUT2D eigenvalue weighted by atomic mass is 10.0.